The van der Waals surface area contributed by atoms with Gasteiger partial charge in [-0.05, 0) is 12.8 Å². The molecule has 6 nitrogen and oxygen atoms in total. The number of hydrogen-bond acceptors (Lipinski definition) is 5. The largest absolute Gasteiger partial charge is 0.481 e. The first-order valence-electron chi connectivity index (χ1n) is 7.73. The van der Waals surface area contributed by atoms with Gasteiger partial charge in [-0.1, -0.05) is 43.2 Å². The van der Waals surface area contributed by atoms with Gasteiger partial charge in [-0.3, -0.25) is 14.8 Å². The Morgan fingerprint density at radius 2 is 1.71 bits per heavy atom. The standard InChI is InChI=1S/C9H7NS.C8H15NO4/c1-2-4-8(5-3-1)9-10-6-7-11-9;10-7(9-13)5-3-1-2-4-6-8(11)12/h1-7H;13H,1-6H2,(H,9,10)(H,11,12). The molecule has 2 aromatic rings. The summed E-state index contributed by atoms with van der Waals surface area (Å²) in [6.45, 7) is 0. The van der Waals surface area contributed by atoms with Crippen molar-refractivity contribution in [2.75, 3.05) is 0 Å². The Labute approximate surface area is 145 Å². The number of carboxylic acid groups (broad SMARTS) is 1. The van der Waals surface area contributed by atoms with E-state index >= 15 is 0 Å². The van der Waals surface area contributed by atoms with Crippen LogP contribution in [0.1, 0.15) is 38.5 Å². The number of aromatic nitrogens is 1. The van der Waals surface area contributed by atoms with Crippen molar-refractivity contribution >= 4 is 23.2 Å². The molecule has 1 heterocycles. The zero-order chi connectivity index (χ0) is 17.6. The molecule has 0 saturated heterocycles. The summed E-state index contributed by atoms with van der Waals surface area (Å²) in [5.74, 6) is -1.17. The fraction of sp³-hybridized carbons (Fsp3) is 0.353. The van der Waals surface area contributed by atoms with Gasteiger partial charge < -0.3 is 5.11 Å². The van der Waals surface area contributed by atoms with Gasteiger partial charge in [0.1, 0.15) is 5.01 Å². The summed E-state index contributed by atoms with van der Waals surface area (Å²) in [6, 6.07) is 10.2. The normalized spacial score (nSPS) is 9.71. The molecule has 0 radical (unpaired) electrons. The van der Waals surface area contributed by atoms with Crippen LogP contribution in [0.4, 0.5) is 0 Å². The van der Waals surface area contributed by atoms with Crippen LogP contribution in [-0.4, -0.2) is 27.2 Å². The minimum atomic E-state index is -0.784. The highest BCUT2D eigenvalue weighted by Crippen LogP contribution is 2.20. The predicted octanol–water partition coefficient (Wildman–Crippen LogP) is 3.73. The van der Waals surface area contributed by atoms with Gasteiger partial charge in [0.2, 0.25) is 5.91 Å². The number of nitrogens with one attached hydrogen (secondary N) is 1. The van der Waals surface area contributed by atoms with Crippen molar-refractivity contribution in [1.82, 2.24) is 10.5 Å². The average molecular weight is 350 g/mol. The Morgan fingerprint density at radius 1 is 1.04 bits per heavy atom. The Kier molecular flexibility index (Phi) is 10.1. The predicted molar refractivity (Wildman–Crippen MR) is 92.8 cm³/mol. The molecule has 7 heteroatoms. The number of carbonyl (C=O) groups excluding carboxylic acids is 1. The maximum atomic E-state index is 10.5. The van der Waals surface area contributed by atoms with Gasteiger partial charge >= 0.3 is 5.97 Å². The number of benzene rings is 1. The Bertz CT molecular complexity index is 588. The van der Waals surface area contributed by atoms with Crippen molar-refractivity contribution in [2.45, 2.75) is 38.5 Å². The summed E-state index contributed by atoms with van der Waals surface area (Å²) in [7, 11) is 0. The van der Waals surface area contributed by atoms with Crippen LogP contribution in [0.25, 0.3) is 10.6 Å². The molecule has 0 aliphatic heterocycles. The summed E-state index contributed by atoms with van der Waals surface area (Å²) < 4.78 is 0. The number of hydrogen-bond donors (Lipinski definition) is 3. The lowest BCUT2D eigenvalue weighted by atomic mass is 10.1. The lowest BCUT2D eigenvalue weighted by Crippen LogP contribution is -2.17. The third-order valence-electron chi connectivity index (χ3n) is 3.12. The smallest absolute Gasteiger partial charge is 0.303 e. The van der Waals surface area contributed by atoms with Crippen molar-refractivity contribution in [2.24, 2.45) is 0 Å². The number of aliphatic carboxylic acids is 1. The van der Waals surface area contributed by atoms with Gasteiger partial charge in [0, 0.05) is 30.0 Å². The molecule has 0 bridgehead atoms. The summed E-state index contributed by atoms with van der Waals surface area (Å²) in [4.78, 5) is 24.8. The van der Waals surface area contributed by atoms with Crippen LogP contribution in [0.5, 0.6) is 0 Å². The highest BCUT2D eigenvalue weighted by molar-refractivity contribution is 7.13. The van der Waals surface area contributed by atoms with E-state index in [1.54, 1.807) is 16.8 Å². The van der Waals surface area contributed by atoms with Crippen LogP contribution in [0.2, 0.25) is 0 Å². The van der Waals surface area contributed by atoms with E-state index in [4.69, 9.17) is 10.3 Å². The van der Waals surface area contributed by atoms with Crippen LogP contribution < -0.4 is 5.48 Å². The zero-order valence-corrected chi connectivity index (χ0v) is 14.2. The average Bonchev–Trinajstić information content (AvgIpc) is 3.13. The second kappa shape index (κ2) is 12.2. The Hall–Kier alpha value is -2.25. The number of unbranched alkanes of at least 4 members (excludes halogenated alkanes) is 3. The lowest BCUT2D eigenvalue weighted by molar-refractivity contribution is -0.137. The number of nitrogens with zero attached hydrogens (tertiary/aromatic N) is 1. The molecule has 0 aliphatic carbocycles. The summed E-state index contributed by atoms with van der Waals surface area (Å²) in [5, 5.41) is 19.5. The first-order chi connectivity index (χ1) is 11.6. The second-order valence-corrected chi connectivity index (χ2v) is 5.94. The third-order valence-corrected chi connectivity index (χ3v) is 3.94. The highest BCUT2D eigenvalue weighted by atomic mass is 32.1. The number of rotatable bonds is 8. The van der Waals surface area contributed by atoms with Crippen LogP contribution in [0.15, 0.2) is 41.9 Å². The molecule has 1 aromatic heterocycles. The highest BCUT2D eigenvalue weighted by Gasteiger charge is 1.99. The molecule has 130 valence electrons. The number of carboxylic acids is 1. The molecule has 0 aliphatic rings. The molecular formula is C17H22N2O4S. The molecule has 1 aromatic carbocycles. The fourth-order valence-corrected chi connectivity index (χ4v) is 2.56. The van der Waals surface area contributed by atoms with E-state index in [-0.39, 0.29) is 6.42 Å². The van der Waals surface area contributed by atoms with Crippen molar-refractivity contribution < 1.29 is 19.9 Å². The fourth-order valence-electron chi connectivity index (χ4n) is 1.92. The Morgan fingerprint density at radius 3 is 2.25 bits per heavy atom. The first-order valence-corrected chi connectivity index (χ1v) is 8.61. The minimum absolute atomic E-state index is 0.187. The molecule has 0 atom stereocenters. The summed E-state index contributed by atoms with van der Waals surface area (Å²) in [6.07, 6.45) is 5.27. The van der Waals surface area contributed by atoms with E-state index < -0.39 is 11.9 Å². The van der Waals surface area contributed by atoms with Gasteiger partial charge in [0.15, 0.2) is 0 Å². The molecular weight excluding hydrogens is 328 g/mol. The number of hydroxylamine groups is 1. The van der Waals surface area contributed by atoms with E-state index in [1.165, 1.54) is 5.56 Å². The maximum Gasteiger partial charge on any atom is 0.303 e. The molecule has 0 spiro atoms. The topological polar surface area (TPSA) is 99.5 Å². The maximum absolute atomic E-state index is 10.5. The minimum Gasteiger partial charge on any atom is -0.481 e. The summed E-state index contributed by atoms with van der Waals surface area (Å²) >= 11 is 1.66. The van der Waals surface area contributed by atoms with Crippen molar-refractivity contribution in [3.63, 3.8) is 0 Å². The molecule has 24 heavy (non-hydrogen) atoms. The first kappa shape index (κ1) is 19.8. The van der Waals surface area contributed by atoms with E-state index in [0.29, 0.717) is 19.3 Å². The van der Waals surface area contributed by atoms with E-state index in [1.807, 2.05) is 29.8 Å². The molecule has 0 saturated carbocycles. The molecule has 3 N–H and O–H groups in total. The van der Waals surface area contributed by atoms with Crippen molar-refractivity contribution in [3.8, 4) is 10.6 Å². The molecule has 0 fully saturated rings. The summed E-state index contributed by atoms with van der Waals surface area (Å²) in [5.41, 5.74) is 2.74. The van der Waals surface area contributed by atoms with E-state index in [2.05, 4.69) is 17.1 Å². The van der Waals surface area contributed by atoms with Crippen LogP contribution >= 0.6 is 11.3 Å². The number of thiazole rings is 1. The van der Waals surface area contributed by atoms with Crippen LogP contribution in [0.3, 0.4) is 0 Å². The van der Waals surface area contributed by atoms with Gasteiger partial charge in [-0.15, -0.1) is 11.3 Å². The molecule has 2 rings (SSSR count). The SMILES string of the molecule is O=C(O)CCCCCCC(=O)NO.c1ccc(-c2nccs2)cc1. The monoisotopic (exact) mass is 350 g/mol. The van der Waals surface area contributed by atoms with Gasteiger partial charge in [-0.2, -0.15) is 0 Å². The quantitative estimate of drug-likeness (QED) is 0.383. The molecule has 0 unspecified atom stereocenters. The van der Waals surface area contributed by atoms with Crippen LogP contribution in [0, 0.1) is 0 Å². The number of amides is 1. The van der Waals surface area contributed by atoms with Crippen LogP contribution in [-0.2, 0) is 9.59 Å². The Balaban J connectivity index is 0.000000242. The van der Waals surface area contributed by atoms with Crippen molar-refractivity contribution in [1.29, 1.82) is 0 Å². The lowest BCUT2D eigenvalue weighted by Gasteiger charge is -1.98. The van der Waals surface area contributed by atoms with Crippen molar-refractivity contribution in [3.05, 3.63) is 41.9 Å². The van der Waals surface area contributed by atoms with E-state index in [0.717, 1.165) is 17.8 Å². The molecule has 1 amide bonds. The van der Waals surface area contributed by atoms with Gasteiger partial charge in [-0.25, -0.2) is 10.5 Å². The second-order valence-electron chi connectivity index (χ2n) is 5.05. The third kappa shape index (κ3) is 9.02. The number of carbonyl (C=O) groups is 2. The van der Waals surface area contributed by atoms with E-state index in [9.17, 15) is 9.59 Å². The van der Waals surface area contributed by atoms with Gasteiger partial charge in [0.05, 0.1) is 0 Å². The van der Waals surface area contributed by atoms with Gasteiger partial charge in [0.25, 0.3) is 0 Å². The zero-order valence-electron chi connectivity index (χ0n) is 13.4.